The van der Waals surface area contributed by atoms with E-state index in [-0.39, 0.29) is 17.9 Å². The van der Waals surface area contributed by atoms with Crippen molar-refractivity contribution < 1.29 is 9.59 Å². The monoisotopic (exact) mass is 281 g/mol. The van der Waals surface area contributed by atoms with Gasteiger partial charge in [-0.1, -0.05) is 28.1 Å². The van der Waals surface area contributed by atoms with Gasteiger partial charge >= 0.3 is 0 Å². The average molecular weight is 282 g/mol. The van der Waals surface area contributed by atoms with Crippen molar-refractivity contribution in [1.29, 1.82) is 0 Å². The van der Waals surface area contributed by atoms with Crippen LogP contribution >= 0.6 is 15.9 Å². The topological polar surface area (TPSA) is 37.4 Å². The SMILES string of the molecule is CC(CCBr)N1C(=O)c2ccccc2C1=O. The summed E-state index contributed by atoms with van der Waals surface area (Å²) in [4.78, 5) is 25.4. The molecule has 0 saturated carbocycles. The van der Waals surface area contributed by atoms with Crippen molar-refractivity contribution in [3.05, 3.63) is 35.4 Å². The summed E-state index contributed by atoms with van der Waals surface area (Å²) in [6, 6.07) is 6.91. The van der Waals surface area contributed by atoms with Gasteiger partial charge in [-0.3, -0.25) is 14.5 Å². The summed E-state index contributed by atoms with van der Waals surface area (Å²) < 4.78 is 0. The lowest BCUT2D eigenvalue weighted by Crippen LogP contribution is -2.38. The Kier molecular flexibility index (Phi) is 3.10. The smallest absolute Gasteiger partial charge is 0.261 e. The van der Waals surface area contributed by atoms with Crippen LogP contribution in [-0.4, -0.2) is 28.1 Å². The Bertz CT molecular complexity index is 409. The molecule has 0 aromatic heterocycles. The first-order valence-corrected chi connectivity index (χ1v) is 6.32. The van der Waals surface area contributed by atoms with Gasteiger partial charge in [-0.25, -0.2) is 0 Å². The molecule has 84 valence electrons. The third-order valence-electron chi connectivity index (χ3n) is 2.79. The number of hydrogen-bond donors (Lipinski definition) is 0. The average Bonchev–Trinajstić information content (AvgIpc) is 2.53. The summed E-state index contributed by atoms with van der Waals surface area (Å²) in [5.41, 5.74) is 1.04. The maximum atomic E-state index is 12.0. The number of rotatable bonds is 3. The molecule has 2 amide bonds. The van der Waals surface area contributed by atoms with E-state index in [1.807, 2.05) is 6.92 Å². The first-order valence-electron chi connectivity index (χ1n) is 5.19. The van der Waals surface area contributed by atoms with Gasteiger partial charge in [-0.2, -0.15) is 0 Å². The summed E-state index contributed by atoms with van der Waals surface area (Å²) in [5, 5.41) is 0.779. The van der Waals surface area contributed by atoms with Crippen LogP contribution in [0.15, 0.2) is 24.3 Å². The van der Waals surface area contributed by atoms with Crippen LogP contribution in [0, 0.1) is 0 Å². The van der Waals surface area contributed by atoms with Crippen LogP contribution in [0.25, 0.3) is 0 Å². The van der Waals surface area contributed by atoms with E-state index < -0.39 is 0 Å². The molecule has 0 spiro atoms. The highest BCUT2D eigenvalue weighted by Gasteiger charge is 2.37. The highest BCUT2D eigenvalue weighted by Crippen LogP contribution is 2.25. The van der Waals surface area contributed by atoms with Crippen molar-refractivity contribution in [1.82, 2.24) is 4.90 Å². The molecule has 1 unspecified atom stereocenters. The third-order valence-corrected chi connectivity index (χ3v) is 3.25. The molecular weight excluding hydrogens is 270 g/mol. The van der Waals surface area contributed by atoms with Crippen molar-refractivity contribution in [2.24, 2.45) is 0 Å². The van der Waals surface area contributed by atoms with Gasteiger partial charge in [-0.05, 0) is 25.5 Å². The number of benzene rings is 1. The number of hydrogen-bond acceptors (Lipinski definition) is 2. The van der Waals surface area contributed by atoms with Gasteiger partial charge in [0, 0.05) is 11.4 Å². The predicted octanol–water partition coefficient (Wildman–Crippen LogP) is 2.46. The quantitative estimate of drug-likeness (QED) is 0.631. The molecule has 16 heavy (non-hydrogen) atoms. The molecule has 2 rings (SSSR count). The molecule has 0 radical (unpaired) electrons. The van der Waals surface area contributed by atoms with Crippen LogP contribution in [0.3, 0.4) is 0 Å². The zero-order valence-corrected chi connectivity index (χ0v) is 10.5. The number of alkyl halides is 1. The van der Waals surface area contributed by atoms with Crippen molar-refractivity contribution in [2.45, 2.75) is 19.4 Å². The number of carbonyl (C=O) groups is 2. The second-order valence-electron chi connectivity index (χ2n) is 3.85. The van der Waals surface area contributed by atoms with Crippen LogP contribution in [0.1, 0.15) is 34.1 Å². The van der Waals surface area contributed by atoms with Gasteiger partial charge in [0.1, 0.15) is 0 Å². The molecule has 0 bridgehead atoms. The highest BCUT2D eigenvalue weighted by atomic mass is 79.9. The third kappa shape index (κ3) is 1.67. The Morgan fingerprint density at radius 1 is 1.19 bits per heavy atom. The molecule has 4 heteroatoms. The molecule has 1 atom stereocenters. The lowest BCUT2D eigenvalue weighted by molar-refractivity contribution is 0.0594. The van der Waals surface area contributed by atoms with Crippen molar-refractivity contribution in [3.63, 3.8) is 0 Å². The number of carbonyl (C=O) groups excluding carboxylic acids is 2. The zero-order valence-electron chi connectivity index (χ0n) is 8.94. The Balaban J connectivity index is 2.35. The lowest BCUT2D eigenvalue weighted by Gasteiger charge is -2.21. The maximum Gasteiger partial charge on any atom is 0.261 e. The van der Waals surface area contributed by atoms with Gasteiger partial charge in [-0.15, -0.1) is 0 Å². The van der Waals surface area contributed by atoms with Crippen LogP contribution in [0.5, 0.6) is 0 Å². The molecular formula is C12H12BrNO2. The first-order chi connectivity index (χ1) is 7.66. The standard InChI is InChI=1S/C12H12BrNO2/c1-8(6-7-13)14-11(15)9-4-2-3-5-10(9)12(14)16/h2-5,8H,6-7H2,1H3. The van der Waals surface area contributed by atoms with Crippen molar-refractivity contribution in [2.75, 3.05) is 5.33 Å². The molecule has 3 nitrogen and oxygen atoms in total. The predicted molar refractivity (Wildman–Crippen MR) is 64.8 cm³/mol. The van der Waals surface area contributed by atoms with E-state index in [0.717, 1.165) is 11.8 Å². The number of amides is 2. The maximum absolute atomic E-state index is 12.0. The van der Waals surface area contributed by atoms with Gasteiger partial charge < -0.3 is 0 Å². The molecule has 1 heterocycles. The number of halogens is 1. The van der Waals surface area contributed by atoms with E-state index in [0.29, 0.717) is 11.1 Å². The van der Waals surface area contributed by atoms with Crippen LogP contribution < -0.4 is 0 Å². The summed E-state index contributed by atoms with van der Waals surface area (Å²) in [7, 11) is 0. The molecule has 1 aromatic carbocycles. The minimum atomic E-state index is -0.172. The Morgan fingerprint density at radius 2 is 1.69 bits per heavy atom. The van der Waals surface area contributed by atoms with Crippen LogP contribution in [0.2, 0.25) is 0 Å². The van der Waals surface area contributed by atoms with E-state index in [9.17, 15) is 9.59 Å². The molecule has 0 aliphatic carbocycles. The second-order valence-corrected chi connectivity index (χ2v) is 4.65. The highest BCUT2D eigenvalue weighted by molar-refractivity contribution is 9.09. The molecule has 0 fully saturated rings. The molecule has 1 aliphatic rings. The summed E-state index contributed by atoms with van der Waals surface area (Å²) in [6.07, 6.45) is 0.769. The van der Waals surface area contributed by atoms with E-state index >= 15 is 0 Å². The second kappa shape index (κ2) is 4.37. The van der Waals surface area contributed by atoms with Crippen LogP contribution in [-0.2, 0) is 0 Å². The molecule has 1 aromatic rings. The van der Waals surface area contributed by atoms with Gasteiger partial charge in [0.15, 0.2) is 0 Å². The number of nitrogens with zero attached hydrogens (tertiary/aromatic N) is 1. The lowest BCUT2D eigenvalue weighted by atomic mass is 10.1. The fourth-order valence-electron chi connectivity index (χ4n) is 1.90. The zero-order chi connectivity index (χ0) is 11.7. The fraction of sp³-hybridized carbons (Fsp3) is 0.333. The van der Waals surface area contributed by atoms with E-state index in [4.69, 9.17) is 0 Å². The molecule has 1 aliphatic heterocycles. The van der Waals surface area contributed by atoms with Crippen molar-refractivity contribution >= 4 is 27.7 Å². The summed E-state index contributed by atoms with van der Waals surface area (Å²) >= 11 is 3.32. The van der Waals surface area contributed by atoms with Crippen molar-refractivity contribution in [3.8, 4) is 0 Å². The van der Waals surface area contributed by atoms with Gasteiger partial charge in [0.05, 0.1) is 11.1 Å². The van der Waals surface area contributed by atoms with E-state index in [2.05, 4.69) is 15.9 Å². The number of fused-ring (bicyclic) bond motifs is 1. The summed E-state index contributed by atoms with van der Waals surface area (Å²) in [5.74, 6) is -0.344. The largest absolute Gasteiger partial charge is 0.271 e. The molecule has 0 N–H and O–H groups in total. The van der Waals surface area contributed by atoms with Gasteiger partial charge in [0.2, 0.25) is 0 Å². The fourth-order valence-corrected chi connectivity index (χ4v) is 2.56. The minimum absolute atomic E-state index is 0.0632. The van der Waals surface area contributed by atoms with E-state index in [1.54, 1.807) is 24.3 Å². The Hall–Kier alpha value is -1.16. The van der Waals surface area contributed by atoms with Crippen LogP contribution in [0.4, 0.5) is 0 Å². The Labute approximate surface area is 103 Å². The minimum Gasteiger partial charge on any atom is -0.271 e. The normalized spacial score (nSPS) is 16.5. The number of imide groups is 1. The van der Waals surface area contributed by atoms with E-state index in [1.165, 1.54) is 4.90 Å². The summed E-state index contributed by atoms with van der Waals surface area (Å²) in [6.45, 7) is 1.89. The first kappa shape index (κ1) is 11.3. The Morgan fingerprint density at radius 3 is 2.12 bits per heavy atom. The molecule has 0 saturated heterocycles. The van der Waals surface area contributed by atoms with Gasteiger partial charge in [0.25, 0.3) is 11.8 Å².